The number of methoxy groups -OCH3 is 1. The maximum Gasteiger partial charge on any atom is 0.165 e. The van der Waals surface area contributed by atoms with Gasteiger partial charge in [0.1, 0.15) is 5.82 Å². The van der Waals surface area contributed by atoms with Crippen LogP contribution in [0.4, 0.5) is 4.39 Å². The highest BCUT2D eigenvalue weighted by atomic mass is 19.1. The number of benzene rings is 1. The highest BCUT2D eigenvalue weighted by Crippen LogP contribution is 2.25. The van der Waals surface area contributed by atoms with Crippen LogP contribution in [-0.4, -0.2) is 27.8 Å². The Bertz CT molecular complexity index is 842. The number of nitrogens with zero attached hydrogens (tertiary/aromatic N) is 3. The van der Waals surface area contributed by atoms with Crippen molar-refractivity contribution in [1.82, 2.24) is 14.4 Å². The molecule has 0 aliphatic carbocycles. The first-order valence-corrected chi connectivity index (χ1v) is 6.29. The lowest BCUT2D eigenvalue weighted by Crippen LogP contribution is -2.01. The fraction of sp³-hybridized carbons (Fsp3) is 0.133. The molecule has 2 heterocycles. The number of aryl methyl sites for hydroxylation is 1. The Balaban J connectivity index is 2.22. The van der Waals surface area contributed by atoms with Crippen LogP contribution in [0.15, 0.2) is 30.5 Å². The molecule has 0 spiro atoms. The average molecular weight is 285 g/mol. The Morgan fingerprint density at radius 2 is 2.10 bits per heavy atom. The number of rotatable bonds is 3. The molecular weight excluding hydrogens is 273 g/mol. The molecule has 21 heavy (non-hydrogen) atoms. The number of ether oxygens (including phenoxy) is 1. The standard InChI is InChI=1S/C15H12FN3O2/c1-9-17-14(10-3-4-12(16)13(7-10)21-2)18-15-11(8-20)5-6-19(9)15/h3-8H,1-2H3. The van der Waals surface area contributed by atoms with E-state index in [9.17, 15) is 9.18 Å². The third kappa shape index (κ3) is 2.14. The minimum Gasteiger partial charge on any atom is -0.494 e. The molecule has 106 valence electrons. The quantitative estimate of drug-likeness (QED) is 0.694. The van der Waals surface area contributed by atoms with Crippen LogP contribution < -0.4 is 4.74 Å². The van der Waals surface area contributed by atoms with Crippen LogP contribution in [0, 0.1) is 12.7 Å². The molecule has 6 heteroatoms. The van der Waals surface area contributed by atoms with Gasteiger partial charge in [0, 0.05) is 11.8 Å². The minimum absolute atomic E-state index is 0.125. The monoisotopic (exact) mass is 285 g/mol. The van der Waals surface area contributed by atoms with Crippen LogP contribution in [-0.2, 0) is 0 Å². The summed E-state index contributed by atoms with van der Waals surface area (Å²) >= 11 is 0. The third-order valence-corrected chi connectivity index (χ3v) is 3.25. The molecule has 0 N–H and O–H groups in total. The van der Waals surface area contributed by atoms with Crippen molar-refractivity contribution in [3.63, 3.8) is 0 Å². The van der Waals surface area contributed by atoms with Crippen LogP contribution in [0.1, 0.15) is 16.2 Å². The van der Waals surface area contributed by atoms with E-state index < -0.39 is 5.82 Å². The van der Waals surface area contributed by atoms with E-state index >= 15 is 0 Å². The molecule has 0 amide bonds. The first kappa shape index (κ1) is 13.2. The lowest BCUT2D eigenvalue weighted by molar-refractivity contribution is 0.112. The van der Waals surface area contributed by atoms with Crippen molar-refractivity contribution >= 4 is 11.9 Å². The van der Waals surface area contributed by atoms with Crippen molar-refractivity contribution in [1.29, 1.82) is 0 Å². The number of carbonyl (C=O) groups is 1. The second-order valence-corrected chi connectivity index (χ2v) is 4.53. The van der Waals surface area contributed by atoms with Crippen LogP contribution >= 0.6 is 0 Å². The van der Waals surface area contributed by atoms with Gasteiger partial charge >= 0.3 is 0 Å². The molecule has 0 saturated carbocycles. The van der Waals surface area contributed by atoms with E-state index in [4.69, 9.17) is 4.74 Å². The van der Waals surface area contributed by atoms with Gasteiger partial charge in [0.05, 0.1) is 12.7 Å². The number of hydrogen-bond donors (Lipinski definition) is 0. The predicted molar refractivity (Wildman–Crippen MR) is 75.1 cm³/mol. The number of halogens is 1. The minimum atomic E-state index is -0.449. The summed E-state index contributed by atoms with van der Waals surface area (Å²) in [4.78, 5) is 19.8. The number of aldehydes is 1. The molecule has 0 unspecified atom stereocenters. The maximum absolute atomic E-state index is 13.5. The maximum atomic E-state index is 13.5. The Kier molecular flexibility index (Phi) is 3.13. The number of carbonyl (C=O) groups excluding carboxylic acids is 1. The summed E-state index contributed by atoms with van der Waals surface area (Å²) in [5, 5.41) is 0. The summed E-state index contributed by atoms with van der Waals surface area (Å²) in [6.07, 6.45) is 2.49. The van der Waals surface area contributed by atoms with E-state index in [0.717, 1.165) is 6.29 Å². The zero-order valence-electron chi connectivity index (χ0n) is 11.5. The Morgan fingerprint density at radius 3 is 2.81 bits per heavy atom. The lowest BCUT2D eigenvalue weighted by atomic mass is 10.2. The summed E-state index contributed by atoms with van der Waals surface area (Å²) in [6, 6.07) is 6.09. The normalized spacial score (nSPS) is 10.8. The molecule has 2 aromatic heterocycles. The molecule has 0 aliphatic heterocycles. The van der Waals surface area contributed by atoms with Crippen molar-refractivity contribution in [2.45, 2.75) is 6.92 Å². The third-order valence-electron chi connectivity index (χ3n) is 3.25. The zero-order chi connectivity index (χ0) is 15.0. The summed E-state index contributed by atoms with van der Waals surface area (Å²) in [6.45, 7) is 1.81. The van der Waals surface area contributed by atoms with Gasteiger partial charge in [0.25, 0.3) is 0 Å². The smallest absolute Gasteiger partial charge is 0.165 e. The van der Waals surface area contributed by atoms with Gasteiger partial charge in [0.15, 0.2) is 29.3 Å². The van der Waals surface area contributed by atoms with E-state index in [2.05, 4.69) is 9.97 Å². The van der Waals surface area contributed by atoms with E-state index in [0.29, 0.717) is 28.4 Å². The molecule has 0 bridgehead atoms. The topological polar surface area (TPSA) is 56.5 Å². The highest BCUT2D eigenvalue weighted by Gasteiger charge is 2.12. The molecule has 0 radical (unpaired) electrons. The highest BCUT2D eigenvalue weighted by molar-refractivity contribution is 5.85. The van der Waals surface area contributed by atoms with Crippen molar-refractivity contribution in [3.8, 4) is 17.1 Å². The Hall–Kier alpha value is -2.76. The molecule has 1 aromatic carbocycles. The summed E-state index contributed by atoms with van der Waals surface area (Å²) in [7, 11) is 1.40. The number of fused-ring (bicyclic) bond motifs is 1. The molecule has 0 atom stereocenters. The van der Waals surface area contributed by atoms with Gasteiger partial charge in [-0.1, -0.05) is 0 Å². The number of hydrogen-bond acceptors (Lipinski definition) is 4. The number of aromatic nitrogens is 3. The van der Waals surface area contributed by atoms with Gasteiger partial charge in [-0.05, 0) is 31.2 Å². The fourth-order valence-corrected chi connectivity index (χ4v) is 2.17. The van der Waals surface area contributed by atoms with E-state index in [1.165, 1.54) is 19.2 Å². The predicted octanol–water partition coefficient (Wildman–Crippen LogP) is 2.66. The molecule has 3 rings (SSSR count). The van der Waals surface area contributed by atoms with Crippen molar-refractivity contribution < 1.29 is 13.9 Å². The van der Waals surface area contributed by atoms with Crippen LogP contribution in [0.3, 0.4) is 0 Å². The molecule has 3 aromatic rings. The Labute approximate surface area is 120 Å². The van der Waals surface area contributed by atoms with Crippen molar-refractivity contribution in [2.75, 3.05) is 7.11 Å². The first-order valence-electron chi connectivity index (χ1n) is 6.29. The molecule has 0 aliphatic rings. The average Bonchev–Trinajstić information content (AvgIpc) is 2.91. The second kappa shape index (κ2) is 4.97. The molecule has 5 nitrogen and oxygen atoms in total. The van der Waals surface area contributed by atoms with Crippen LogP contribution in [0.2, 0.25) is 0 Å². The van der Waals surface area contributed by atoms with Gasteiger partial charge < -0.3 is 4.74 Å². The van der Waals surface area contributed by atoms with E-state index in [1.807, 2.05) is 6.92 Å². The molecular formula is C15H12FN3O2. The SMILES string of the molecule is COc1cc(-c2nc(C)n3ccc(C=O)c3n2)ccc1F. The zero-order valence-corrected chi connectivity index (χ0v) is 11.5. The van der Waals surface area contributed by atoms with Gasteiger partial charge in [-0.25, -0.2) is 14.4 Å². The van der Waals surface area contributed by atoms with E-state index in [-0.39, 0.29) is 5.75 Å². The van der Waals surface area contributed by atoms with Gasteiger partial charge in [-0.2, -0.15) is 0 Å². The first-order chi connectivity index (χ1) is 10.1. The Morgan fingerprint density at radius 1 is 1.29 bits per heavy atom. The summed E-state index contributed by atoms with van der Waals surface area (Å²) < 4.78 is 20.2. The van der Waals surface area contributed by atoms with E-state index in [1.54, 1.807) is 22.7 Å². The van der Waals surface area contributed by atoms with Crippen LogP contribution in [0.25, 0.3) is 17.0 Å². The second-order valence-electron chi connectivity index (χ2n) is 4.53. The van der Waals surface area contributed by atoms with Gasteiger partial charge in [-0.3, -0.25) is 9.20 Å². The largest absolute Gasteiger partial charge is 0.494 e. The molecule has 0 fully saturated rings. The van der Waals surface area contributed by atoms with Crippen molar-refractivity contribution in [3.05, 3.63) is 47.7 Å². The van der Waals surface area contributed by atoms with Gasteiger partial charge in [-0.15, -0.1) is 0 Å². The summed E-state index contributed by atoms with van der Waals surface area (Å²) in [5.41, 5.74) is 1.63. The fourth-order valence-electron chi connectivity index (χ4n) is 2.17. The summed E-state index contributed by atoms with van der Waals surface area (Å²) in [5.74, 6) is 0.779. The molecule has 0 saturated heterocycles. The van der Waals surface area contributed by atoms with Crippen molar-refractivity contribution in [2.24, 2.45) is 0 Å². The van der Waals surface area contributed by atoms with Crippen LogP contribution in [0.5, 0.6) is 5.75 Å². The lowest BCUT2D eigenvalue weighted by Gasteiger charge is -2.07. The van der Waals surface area contributed by atoms with Gasteiger partial charge in [0.2, 0.25) is 0 Å².